The van der Waals surface area contributed by atoms with Gasteiger partial charge in [-0.05, 0) is 36.4 Å². The number of hydrogen-bond acceptors (Lipinski definition) is 3. The molecule has 20 heavy (non-hydrogen) atoms. The summed E-state index contributed by atoms with van der Waals surface area (Å²) in [5.41, 5.74) is 1.40. The maximum absolute atomic E-state index is 11.8. The van der Waals surface area contributed by atoms with E-state index in [1.165, 1.54) is 6.26 Å². The van der Waals surface area contributed by atoms with Gasteiger partial charge in [0.1, 0.15) is 0 Å². The molecule has 106 valence electrons. The van der Waals surface area contributed by atoms with Gasteiger partial charge in [-0.1, -0.05) is 29.3 Å². The highest BCUT2D eigenvalue weighted by atomic mass is 35.5. The van der Waals surface area contributed by atoms with Crippen LogP contribution in [0.2, 0.25) is 10.0 Å². The molecule has 2 rings (SSSR count). The molecule has 0 aromatic heterocycles. The van der Waals surface area contributed by atoms with E-state index in [1.54, 1.807) is 30.3 Å². The van der Waals surface area contributed by atoms with E-state index in [9.17, 15) is 8.42 Å². The van der Waals surface area contributed by atoms with Crippen LogP contribution in [0.1, 0.15) is 5.56 Å². The van der Waals surface area contributed by atoms with Crippen LogP contribution in [0.5, 0.6) is 0 Å². The van der Waals surface area contributed by atoms with Crippen LogP contribution in [0.15, 0.2) is 47.4 Å². The maximum Gasteiger partial charge on any atom is 0.175 e. The van der Waals surface area contributed by atoms with Crippen LogP contribution < -0.4 is 5.32 Å². The van der Waals surface area contributed by atoms with E-state index in [1.807, 2.05) is 12.1 Å². The molecule has 2 aromatic rings. The minimum atomic E-state index is -3.31. The van der Waals surface area contributed by atoms with Crippen LogP contribution in [-0.2, 0) is 16.4 Å². The summed E-state index contributed by atoms with van der Waals surface area (Å²) in [6.45, 7) is 0.323. The molecule has 0 aliphatic rings. The molecule has 0 unspecified atom stereocenters. The summed E-state index contributed by atoms with van der Waals surface area (Å²) in [6, 6.07) is 12.0. The fraction of sp³-hybridized carbons (Fsp3) is 0.143. The maximum atomic E-state index is 11.8. The van der Waals surface area contributed by atoms with Crippen LogP contribution in [0.3, 0.4) is 0 Å². The van der Waals surface area contributed by atoms with Gasteiger partial charge in [0.25, 0.3) is 0 Å². The molecule has 2 aromatic carbocycles. The molecule has 0 heterocycles. The smallest absolute Gasteiger partial charge is 0.175 e. The Balaban J connectivity index is 2.27. The van der Waals surface area contributed by atoms with Gasteiger partial charge < -0.3 is 5.32 Å². The minimum absolute atomic E-state index is 0.242. The van der Waals surface area contributed by atoms with Crippen LogP contribution in [0.4, 0.5) is 5.69 Å². The third-order valence-electron chi connectivity index (χ3n) is 2.79. The summed E-state index contributed by atoms with van der Waals surface area (Å²) >= 11 is 11.9. The highest BCUT2D eigenvalue weighted by Crippen LogP contribution is 2.25. The molecule has 0 atom stereocenters. The standard InChI is InChI=1S/C14H13Cl2NO2S/c1-20(18,19)14-4-2-3-13(16)12(14)9-17-11-7-5-10(15)6-8-11/h2-8,17H,9H2,1H3. The highest BCUT2D eigenvalue weighted by Gasteiger charge is 2.15. The van der Waals surface area contributed by atoms with Crippen molar-refractivity contribution in [1.82, 2.24) is 0 Å². The van der Waals surface area contributed by atoms with E-state index in [0.717, 1.165) is 5.69 Å². The van der Waals surface area contributed by atoms with E-state index in [4.69, 9.17) is 23.2 Å². The monoisotopic (exact) mass is 329 g/mol. The van der Waals surface area contributed by atoms with Gasteiger partial charge >= 0.3 is 0 Å². The second kappa shape index (κ2) is 6.04. The van der Waals surface area contributed by atoms with Crippen molar-refractivity contribution in [2.24, 2.45) is 0 Å². The Bertz CT molecular complexity index is 712. The summed E-state index contributed by atoms with van der Waals surface area (Å²) in [5.74, 6) is 0. The molecular formula is C14H13Cl2NO2S. The Labute approximate surface area is 128 Å². The second-order valence-electron chi connectivity index (χ2n) is 4.35. The number of anilines is 1. The van der Waals surface area contributed by atoms with Crippen molar-refractivity contribution >= 4 is 38.7 Å². The van der Waals surface area contributed by atoms with Gasteiger partial charge in [-0.3, -0.25) is 0 Å². The van der Waals surface area contributed by atoms with Gasteiger partial charge in [0, 0.05) is 34.1 Å². The number of halogens is 2. The minimum Gasteiger partial charge on any atom is -0.381 e. The van der Waals surface area contributed by atoms with Gasteiger partial charge in [-0.2, -0.15) is 0 Å². The van der Waals surface area contributed by atoms with Crippen molar-refractivity contribution in [1.29, 1.82) is 0 Å². The van der Waals surface area contributed by atoms with Crippen LogP contribution in [0.25, 0.3) is 0 Å². The molecule has 0 aliphatic heterocycles. The molecule has 0 saturated heterocycles. The number of hydrogen-bond donors (Lipinski definition) is 1. The predicted octanol–water partition coefficient (Wildman–Crippen LogP) is 4.01. The first-order valence-corrected chi connectivity index (χ1v) is 8.49. The van der Waals surface area contributed by atoms with Gasteiger partial charge in [0.15, 0.2) is 9.84 Å². The molecule has 0 radical (unpaired) electrons. The van der Waals surface area contributed by atoms with Gasteiger partial charge in [-0.15, -0.1) is 0 Å². The molecule has 0 spiro atoms. The summed E-state index contributed by atoms with van der Waals surface area (Å²) < 4.78 is 23.5. The van der Waals surface area contributed by atoms with Crippen molar-refractivity contribution in [3.8, 4) is 0 Å². The Morgan fingerprint density at radius 3 is 2.30 bits per heavy atom. The second-order valence-corrected chi connectivity index (χ2v) is 7.18. The lowest BCUT2D eigenvalue weighted by atomic mass is 10.2. The van der Waals surface area contributed by atoms with Crippen LogP contribution in [-0.4, -0.2) is 14.7 Å². The van der Waals surface area contributed by atoms with Crippen LogP contribution in [0, 0.1) is 0 Å². The Morgan fingerprint density at radius 2 is 1.70 bits per heavy atom. The van der Waals surface area contributed by atoms with Crippen molar-refractivity contribution in [3.05, 3.63) is 58.1 Å². The molecule has 0 bridgehead atoms. The zero-order chi connectivity index (χ0) is 14.8. The number of rotatable bonds is 4. The van der Waals surface area contributed by atoms with Crippen molar-refractivity contribution in [2.45, 2.75) is 11.4 Å². The average molecular weight is 330 g/mol. The molecule has 1 N–H and O–H groups in total. The summed E-state index contributed by atoms with van der Waals surface area (Å²) in [6.07, 6.45) is 1.17. The fourth-order valence-corrected chi connectivity index (χ4v) is 3.19. The van der Waals surface area contributed by atoms with Crippen molar-refractivity contribution in [2.75, 3.05) is 11.6 Å². The molecule has 0 amide bonds. The molecule has 0 aliphatic carbocycles. The number of sulfone groups is 1. The summed E-state index contributed by atoms with van der Waals surface area (Å²) in [7, 11) is -3.31. The van der Waals surface area contributed by atoms with Crippen LogP contribution >= 0.6 is 23.2 Å². The largest absolute Gasteiger partial charge is 0.381 e. The lowest BCUT2D eigenvalue weighted by Crippen LogP contribution is -2.07. The predicted molar refractivity (Wildman–Crippen MR) is 83.3 cm³/mol. The quantitative estimate of drug-likeness (QED) is 0.921. The van der Waals surface area contributed by atoms with E-state index in [0.29, 0.717) is 22.2 Å². The topological polar surface area (TPSA) is 46.2 Å². The first kappa shape index (κ1) is 15.2. The SMILES string of the molecule is CS(=O)(=O)c1cccc(Cl)c1CNc1ccc(Cl)cc1. The first-order valence-electron chi connectivity index (χ1n) is 5.85. The van der Waals surface area contributed by atoms with Gasteiger partial charge in [-0.25, -0.2) is 8.42 Å². The van der Waals surface area contributed by atoms with E-state index < -0.39 is 9.84 Å². The Kier molecular flexibility index (Phi) is 4.58. The van der Waals surface area contributed by atoms with Gasteiger partial charge in [0.05, 0.1) is 4.90 Å². The lowest BCUT2D eigenvalue weighted by Gasteiger charge is -2.12. The fourth-order valence-electron chi connectivity index (χ4n) is 1.82. The van der Waals surface area contributed by atoms with Crippen molar-refractivity contribution < 1.29 is 8.42 Å². The average Bonchev–Trinajstić information content (AvgIpc) is 2.38. The Hall–Kier alpha value is -1.23. The summed E-state index contributed by atoms with van der Waals surface area (Å²) in [5, 5.41) is 4.20. The third kappa shape index (κ3) is 3.66. The molecular weight excluding hydrogens is 317 g/mol. The zero-order valence-electron chi connectivity index (χ0n) is 10.7. The summed E-state index contributed by atoms with van der Waals surface area (Å²) in [4.78, 5) is 0.242. The highest BCUT2D eigenvalue weighted by molar-refractivity contribution is 7.90. The van der Waals surface area contributed by atoms with Crippen molar-refractivity contribution in [3.63, 3.8) is 0 Å². The van der Waals surface area contributed by atoms with E-state index in [-0.39, 0.29) is 4.90 Å². The molecule has 0 fully saturated rings. The molecule has 0 saturated carbocycles. The third-order valence-corrected chi connectivity index (χ3v) is 4.58. The zero-order valence-corrected chi connectivity index (χ0v) is 13.1. The number of nitrogens with one attached hydrogen (secondary N) is 1. The normalized spacial score (nSPS) is 11.3. The van der Waals surface area contributed by atoms with E-state index in [2.05, 4.69) is 5.32 Å². The molecule has 3 nitrogen and oxygen atoms in total. The van der Waals surface area contributed by atoms with E-state index >= 15 is 0 Å². The Morgan fingerprint density at radius 1 is 1.05 bits per heavy atom. The lowest BCUT2D eigenvalue weighted by molar-refractivity contribution is 0.601. The first-order chi connectivity index (χ1) is 9.38. The van der Waals surface area contributed by atoms with Gasteiger partial charge in [0.2, 0.25) is 0 Å². The number of benzene rings is 2. The molecule has 6 heteroatoms.